The first-order valence-electron chi connectivity index (χ1n) is 8.54. The van der Waals surface area contributed by atoms with E-state index in [0.717, 1.165) is 56.7 Å². The second kappa shape index (κ2) is 7.59. The van der Waals surface area contributed by atoms with Crippen LogP contribution >= 0.6 is 0 Å². The second-order valence-electron chi connectivity index (χ2n) is 6.46. The average Bonchev–Trinajstić information content (AvgIpc) is 2.63. The first-order valence-corrected chi connectivity index (χ1v) is 8.54. The Morgan fingerprint density at radius 1 is 1.30 bits per heavy atom. The van der Waals surface area contributed by atoms with Crippen LogP contribution in [-0.2, 0) is 4.79 Å². The molecule has 5 heteroatoms. The van der Waals surface area contributed by atoms with Crippen molar-refractivity contribution in [1.29, 1.82) is 0 Å². The molecule has 1 aromatic heterocycles. The van der Waals surface area contributed by atoms with E-state index in [-0.39, 0.29) is 18.4 Å². The number of carbonyl (C=O) groups is 1. The van der Waals surface area contributed by atoms with Crippen molar-refractivity contribution in [2.75, 3.05) is 29.9 Å². The molecule has 1 aliphatic carbocycles. The van der Waals surface area contributed by atoms with Gasteiger partial charge in [-0.25, -0.2) is 4.98 Å². The maximum Gasteiger partial charge on any atom is 0.227 e. The van der Waals surface area contributed by atoms with Gasteiger partial charge in [0, 0.05) is 31.8 Å². The van der Waals surface area contributed by atoms with Crippen LogP contribution in [0.4, 0.5) is 11.5 Å². The Labute approximate surface area is 137 Å². The number of aliphatic hydroxyl groups is 1. The van der Waals surface area contributed by atoms with Crippen molar-refractivity contribution in [3.8, 4) is 0 Å². The average molecular weight is 315 g/mol. The van der Waals surface area contributed by atoms with Crippen LogP contribution < -0.4 is 10.2 Å². The van der Waals surface area contributed by atoms with E-state index in [1.807, 2.05) is 12.1 Å². The number of aliphatic hydroxyl groups excluding tert-OH is 1. The molecule has 5 nitrogen and oxygen atoms in total. The molecule has 1 aromatic rings. The van der Waals surface area contributed by atoms with Gasteiger partial charge in [-0.05, 0) is 50.2 Å². The molecule has 0 radical (unpaired) electrons. The number of aromatic nitrogens is 1. The maximum atomic E-state index is 12.5. The van der Waals surface area contributed by atoms with Gasteiger partial charge < -0.3 is 15.3 Å². The Bertz CT molecular complexity index is 565. The van der Waals surface area contributed by atoms with Crippen LogP contribution in [-0.4, -0.2) is 35.7 Å². The minimum Gasteiger partial charge on any atom is -0.396 e. The molecule has 1 amide bonds. The highest BCUT2D eigenvalue weighted by Crippen LogP contribution is 2.29. The standard InChI is InChI=1S/C18H25N3O2/c22-13-14-8-11-21(12-9-14)17-16(7-4-10-19-17)20-18(23)15-5-2-1-3-6-15/h1-2,4,7,10,14-15,22H,3,5-6,8-9,11-13H2,(H,20,23)/t15-/m1/s1. The van der Waals surface area contributed by atoms with E-state index in [4.69, 9.17) is 0 Å². The third-order valence-electron chi connectivity index (χ3n) is 4.86. The SMILES string of the molecule is O=C(Nc1cccnc1N1CCC(CO)CC1)[C@@H]1CC=CCC1. The summed E-state index contributed by atoms with van der Waals surface area (Å²) < 4.78 is 0. The molecule has 0 bridgehead atoms. The summed E-state index contributed by atoms with van der Waals surface area (Å²) in [5, 5.41) is 12.3. The summed E-state index contributed by atoms with van der Waals surface area (Å²) in [6.45, 7) is 2.00. The van der Waals surface area contributed by atoms with Gasteiger partial charge in [0.05, 0.1) is 5.69 Å². The van der Waals surface area contributed by atoms with Gasteiger partial charge >= 0.3 is 0 Å². The third kappa shape index (κ3) is 3.91. The van der Waals surface area contributed by atoms with E-state index in [9.17, 15) is 9.90 Å². The lowest BCUT2D eigenvalue weighted by Crippen LogP contribution is -2.36. The normalized spacial score (nSPS) is 22.1. The van der Waals surface area contributed by atoms with Crippen molar-refractivity contribution in [3.05, 3.63) is 30.5 Å². The lowest BCUT2D eigenvalue weighted by atomic mass is 9.93. The lowest BCUT2D eigenvalue weighted by Gasteiger charge is -2.33. The van der Waals surface area contributed by atoms with Crippen LogP contribution in [0.2, 0.25) is 0 Å². The van der Waals surface area contributed by atoms with E-state index in [1.54, 1.807) is 6.20 Å². The zero-order chi connectivity index (χ0) is 16.1. The molecule has 124 valence electrons. The number of hydrogen-bond acceptors (Lipinski definition) is 4. The summed E-state index contributed by atoms with van der Waals surface area (Å²) in [6, 6.07) is 3.79. The lowest BCUT2D eigenvalue weighted by molar-refractivity contribution is -0.120. The number of hydrogen-bond donors (Lipinski definition) is 2. The Hall–Kier alpha value is -1.88. The highest BCUT2D eigenvalue weighted by Gasteiger charge is 2.24. The quantitative estimate of drug-likeness (QED) is 0.838. The van der Waals surface area contributed by atoms with E-state index in [0.29, 0.717) is 5.92 Å². The van der Waals surface area contributed by atoms with E-state index < -0.39 is 0 Å². The number of anilines is 2. The van der Waals surface area contributed by atoms with E-state index >= 15 is 0 Å². The number of rotatable bonds is 4. The number of allylic oxidation sites excluding steroid dienone is 2. The first-order chi connectivity index (χ1) is 11.3. The van der Waals surface area contributed by atoms with Gasteiger partial charge in [-0.15, -0.1) is 0 Å². The van der Waals surface area contributed by atoms with Crippen LogP contribution in [0, 0.1) is 11.8 Å². The summed E-state index contributed by atoms with van der Waals surface area (Å²) in [5.41, 5.74) is 0.800. The first kappa shape index (κ1) is 16.0. The molecule has 0 unspecified atom stereocenters. The van der Waals surface area contributed by atoms with Crippen LogP contribution in [0.3, 0.4) is 0 Å². The number of pyridine rings is 1. The Balaban J connectivity index is 1.68. The molecule has 1 atom stereocenters. The fraction of sp³-hybridized carbons (Fsp3) is 0.556. The Morgan fingerprint density at radius 3 is 2.83 bits per heavy atom. The summed E-state index contributed by atoms with van der Waals surface area (Å²) in [6.07, 6.45) is 10.7. The fourth-order valence-corrected chi connectivity index (χ4v) is 3.34. The highest BCUT2D eigenvalue weighted by atomic mass is 16.3. The van der Waals surface area contributed by atoms with Crippen LogP contribution in [0.25, 0.3) is 0 Å². The molecule has 23 heavy (non-hydrogen) atoms. The van der Waals surface area contributed by atoms with Crippen LogP contribution in [0.15, 0.2) is 30.5 Å². The number of amides is 1. The minimum absolute atomic E-state index is 0.0631. The molecule has 1 saturated heterocycles. The van der Waals surface area contributed by atoms with Gasteiger partial charge in [-0.1, -0.05) is 12.2 Å². The summed E-state index contributed by atoms with van der Waals surface area (Å²) in [5.74, 6) is 1.40. The van der Waals surface area contributed by atoms with E-state index in [2.05, 4.69) is 27.4 Å². The highest BCUT2D eigenvalue weighted by molar-refractivity contribution is 5.95. The minimum atomic E-state index is 0.0631. The third-order valence-corrected chi connectivity index (χ3v) is 4.86. The molecule has 1 aliphatic heterocycles. The van der Waals surface area contributed by atoms with E-state index in [1.165, 1.54) is 0 Å². The van der Waals surface area contributed by atoms with Gasteiger partial charge in [0.1, 0.15) is 0 Å². The van der Waals surface area contributed by atoms with Gasteiger partial charge in [0.2, 0.25) is 5.91 Å². The van der Waals surface area contributed by atoms with Gasteiger partial charge in [0.15, 0.2) is 5.82 Å². The fourth-order valence-electron chi connectivity index (χ4n) is 3.34. The zero-order valence-electron chi connectivity index (χ0n) is 13.4. The monoisotopic (exact) mass is 315 g/mol. The topological polar surface area (TPSA) is 65.5 Å². The predicted octanol–water partition coefficient (Wildman–Crippen LogP) is 2.59. The largest absolute Gasteiger partial charge is 0.396 e. The van der Waals surface area contributed by atoms with Crippen molar-refractivity contribution in [1.82, 2.24) is 4.98 Å². The maximum absolute atomic E-state index is 12.5. The molecule has 0 aromatic carbocycles. The molecule has 2 heterocycles. The van der Waals surface area contributed by atoms with Crippen molar-refractivity contribution in [2.45, 2.75) is 32.1 Å². The van der Waals surface area contributed by atoms with Crippen LogP contribution in [0.1, 0.15) is 32.1 Å². The smallest absolute Gasteiger partial charge is 0.227 e. The van der Waals surface area contributed by atoms with Crippen molar-refractivity contribution in [3.63, 3.8) is 0 Å². The zero-order valence-corrected chi connectivity index (χ0v) is 13.4. The van der Waals surface area contributed by atoms with Crippen LogP contribution in [0.5, 0.6) is 0 Å². The molecule has 3 rings (SSSR count). The van der Waals surface area contributed by atoms with Gasteiger partial charge in [-0.3, -0.25) is 4.79 Å². The molecule has 2 N–H and O–H groups in total. The van der Waals surface area contributed by atoms with Crippen molar-refractivity contribution >= 4 is 17.4 Å². The summed E-state index contributed by atoms with van der Waals surface area (Å²) >= 11 is 0. The van der Waals surface area contributed by atoms with Gasteiger partial charge in [0.25, 0.3) is 0 Å². The number of piperidine rings is 1. The summed E-state index contributed by atoms with van der Waals surface area (Å²) in [4.78, 5) is 19.2. The molecule has 1 fully saturated rings. The molecular weight excluding hydrogens is 290 g/mol. The molecule has 0 saturated carbocycles. The predicted molar refractivity (Wildman–Crippen MR) is 91.4 cm³/mol. The second-order valence-corrected chi connectivity index (χ2v) is 6.46. The Kier molecular flexibility index (Phi) is 5.28. The molecule has 0 spiro atoms. The van der Waals surface area contributed by atoms with Gasteiger partial charge in [-0.2, -0.15) is 0 Å². The van der Waals surface area contributed by atoms with Crippen molar-refractivity contribution < 1.29 is 9.90 Å². The number of nitrogens with one attached hydrogen (secondary N) is 1. The molecule has 2 aliphatic rings. The number of carbonyl (C=O) groups excluding carboxylic acids is 1. The van der Waals surface area contributed by atoms with Crippen molar-refractivity contribution in [2.24, 2.45) is 11.8 Å². The Morgan fingerprint density at radius 2 is 2.13 bits per heavy atom. The molecular formula is C18H25N3O2. The summed E-state index contributed by atoms with van der Waals surface area (Å²) in [7, 11) is 0. The number of nitrogens with zero attached hydrogens (tertiary/aromatic N) is 2.